The molecule has 3 amide bonds. The van der Waals surface area contributed by atoms with Crippen molar-refractivity contribution in [2.45, 2.75) is 6.42 Å². The van der Waals surface area contributed by atoms with Crippen LogP contribution in [0.15, 0.2) is 91.0 Å². The number of carbonyl (C=O) groups is 2. The summed E-state index contributed by atoms with van der Waals surface area (Å²) in [7, 11) is 0. The predicted molar refractivity (Wildman–Crippen MR) is 142 cm³/mol. The van der Waals surface area contributed by atoms with Crippen molar-refractivity contribution in [1.82, 2.24) is 4.90 Å². The first-order chi connectivity index (χ1) is 17.5. The van der Waals surface area contributed by atoms with Crippen molar-refractivity contribution < 1.29 is 14.0 Å². The Hall–Kier alpha value is -4.39. The number of carbonyl (C=O) groups excluding carboxylic acids is 2. The highest BCUT2D eigenvalue weighted by Gasteiger charge is 2.21. The number of rotatable bonds is 5. The van der Waals surface area contributed by atoms with Crippen LogP contribution in [0, 0.1) is 5.82 Å². The van der Waals surface area contributed by atoms with Gasteiger partial charge in [0.25, 0.3) is 0 Å². The van der Waals surface area contributed by atoms with E-state index in [0.29, 0.717) is 18.8 Å². The molecule has 0 radical (unpaired) electrons. The summed E-state index contributed by atoms with van der Waals surface area (Å²) >= 11 is 0. The number of urea groups is 1. The number of halogens is 1. The normalized spacial score (nSPS) is 13.5. The van der Waals surface area contributed by atoms with E-state index in [2.05, 4.69) is 15.5 Å². The maximum atomic E-state index is 13.1. The summed E-state index contributed by atoms with van der Waals surface area (Å²) in [6.45, 7) is 2.72. The second kappa shape index (κ2) is 10.5. The first-order valence-corrected chi connectivity index (χ1v) is 12.0. The van der Waals surface area contributed by atoms with Gasteiger partial charge < -0.3 is 20.4 Å². The second-order valence-electron chi connectivity index (χ2n) is 8.82. The molecule has 0 aromatic heterocycles. The molecule has 0 unspecified atom stereocenters. The summed E-state index contributed by atoms with van der Waals surface area (Å²) in [6, 6.07) is 27.2. The van der Waals surface area contributed by atoms with Crippen LogP contribution in [-0.4, -0.2) is 43.0 Å². The van der Waals surface area contributed by atoms with Crippen molar-refractivity contribution in [2.75, 3.05) is 41.7 Å². The van der Waals surface area contributed by atoms with Gasteiger partial charge in [-0.05, 0) is 53.4 Å². The van der Waals surface area contributed by atoms with Crippen LogP contribution >= 0.6 is 0 Å². The molecule has 0 aliphatic carbocycles. The Kier molecular flexibility index (Phi) is 6.80. The van der Waals surface area contributed by atoms with Gasteiger partial charge in [-0.25, -0.2) is 9.18 Å². The zero-order valence-corrected chi connectivity index (χ0v) is 19.8. The number of fused-ring (bicyclic) bond motifs is 1. The van der Waals surface area contributed by atoms with Gasteiger partial charge in [0.05, 0.1) is 12.1 Å². The lowest BCUT2D eigenvalue weighted by atomic mass is 10.1. The number of hydrogen-bond donors (Lipinski definition) is 2. The van der Waals surface area contributed by atoms with Crippen LogP contribution in [0.5, 0.6) is 0 Å². The van der Waals surface area contributed by atoms with Crippen molar-refractivity contribution in [2.24, 2.45) is 0 Å². The van der Waals surface area contributed by atoms with E-state index in [1.54, 1.807) is 12.1 Å². The van der Waals surface area contributed by atoms with E-state index in [-0.39, 0.29) is 24.2 Å². The Labute approximate surface area is 209 Å². The van der Waals surface area contributed by atoms with Crippen molar-refractivity contribution in [3.05, 3.63) is 102 Å². The molecule has 1 saturated heterocycles. The monoisotopic (exact) mass is 482 g/mol. The number of piperazine rings is 1. The Balaban J connectivity index is 1.13. The van der Waals surface area contributed by atoms with Gasteiger partial charge in [-0.1, -0.05) is 48.5 Å². The van der Waals surface area contributed by atoms with Gasteiger partial charge in [0.15, 0.2) is 0 Å². The molecule has 1 aliphatic rings. The van der Waals surface area contributed by atoms with Gasteiger partial charge in [0.1, 0.15) is 5.82 Å². The van der Waals surface area contributed by atoms with E-state index in [4.69, 9.17) is 0 Å². The van der Waals surface area contributed by atoms with Gasteiger partial charge in [-0.2, -0.15) is 0 Å². The highest BCUT2D eigenvalue weighted by molar-refractivity contribution is 6.06. The average molecular weight is 483 g/mol. The SMILES string of the molecule is O=C(Nc1ccc(N2CCN(C(=O)Cc3ccc(F)cc3)CC2)cc1)Nc1cccc2ccccc12. The molecule has 5 rings (SSSR count). The molecule has 1 aliphatic heterocycles. The van der Waals surface area contributed by atoms with Crippen LogP contribution in [0.2, 0.25) is 0 Å². The van der Waals surface area contributed by atoms with Crippen molar-refractivity contribution in [1.29, 1.82) is 0 Å². The second-order valence-corrected chi connectivity index (χ2v) is 8.82. The lowest BCUT2D eigenvalue weighted by molar-refractivity contribution is -0.130. The molecule has 2 N–H and O–H groups in total. The van der Waals surface area contributed by atoms with Gasteiger partial charge in [0.2, 0.25) is 5.91 Å². The first-order valence-electron chi connectivity index (χ1n) is 12.0. The van der Waals surface area contributed by atoms with E-state index >= 15 is 0 Å². The molecule has 1 fully saturated rings. The number of benzene rings is 4. The summed E-state index contributed by atoms with van der Waals surface area (Å²) in [5.41, 5.74) is 3.32. The minimum absolute atomic E-state index is 0.0537. The van der Waals surface area contributed by atoms with E-state index < -0.39 is 0 Å². The van der Waals surface area contributed by atoms with Crippen molar-refractivity contribution in [3.8, 4) is 0 Å². The lowest BCUT2D eigenvalue weighted by Crippen LogP contribution is -2.49. The minimum Gasteiger partial charge on any atom is -0.368 e. The summed E-state index contributed by atoms with van der Waals surface area (Å²) in [6.07, 6.45) is 0.279. The number of hydrogen-bond acceptors (Lipinski definition) is 3. The van der Waals surface area contributed by atoms with Gasteiger partial charge >= 0.3 is 6.03 Å². The largest absolute Gasteiger partial charge is 0.368 e. The predicted octanol–water partition coefficient (Wildman–Crippen LogP) is 5.51. The molecule has 4 aromatic rings. The number of amides is 3. The Bertz CT molecular complexity index is 1360. The maximum Gasteiger partial charge on any atom is 0.323 e. The van der Waals surface area contributed by atoms with Crippen LogP contribution < -0.4 is 15.5 Å². The molecule has 7 heteroatoms. The maximum absolute atomic E-state index is 13.1. The lowest BCUT2D eigenvalue weighted by Gasteiger charge is -2.36. The van der Waals surface area contributed by atoms with Gasteiger partial charge in [0, 0.05) is 42.9 Å². The van der Waals surface area contributed by atoms with Crippen LogP contribution in [0.1, 0.15) is 5.56 Å². The minimum atomic E-state index is -0.300. The third-order valence-corrected chi connectivity index (χ3v) is 6.43. The summed E-state index contributed by atoms with van der Waals surface area (Å²) in [4.78, 5) is 29.3. The quantitative estimate of drug-likeness (QED) is 0.394. The molecular formula is C29H27FN4O2. The van der Waals surface area contributed by atoms with Gasteiger partial charge in [-0.3, -0.25) is 4.79 Å². The molecule has 1 heterocycles. The summed E-state index contributed by atoms with van der Waals surface area (Å²) < 4.78 is 13.1. The molecule has 36 heavy (non-hydrogen) atoms. The van der Waals surface area contributed by atoms with E-state index in [9.17, 15) is 14.0 Å². The number of nitrogens with zero attached hydrogens (tertiary/aromatic N) is 2. The smallest absolute Gasteiger partial charge is 0.323 e. The van der Waals surface area contributed by atoms with E-state index in [0.717, 1.165) is 40.8 Å². The third-order valence-electron chi connectivity index (χ3n) is 6.43. The molecule has 0 atom stereocenters. The topological polar surface area (TPSA) is 64.7 Å². The Morgan fingerprint density at radius 2 is 1.44 bits per heavy atom. The van der Waals surface area contributed by atoms with E-state index in [1.807, 2.05) is 71.6 Å². The van der Waals surface area contributed by atoms with Crippen LogP contribution in [0.25, 0.3) is 10.8 Å². The zero-order valence-electron chi connectivity index (χ0n) is 19.8. The number of anilines is 3. The highest BCUT2D eigenvalue weighted by Crippen LogP contribution is 2.24. The molecular weight excluding hydrogens is 455 g/mol. The Morgan fingerprint density at radius 1 is 0.750 bits per heavy atom. The van der Waals surface area contributed by atoms with E-state index in [1.165, 1.54) is 12.1 Å². The van der Waals surface area contributed by atoms with Crippen LogP contribution in [-0.2, 0) is 11.2 Å². The highest BCUT2D eigenvalue weighted by atomic mass is 19.1. The van der Waals surface area contributed by atoms with Crippen molar-refractivity contribution >= 4 is 39.8 Å². The first kappa shape index (κ1) is 23.4. The zero-order chi connectivity index (χ0) is 24.9. The fourth-order valence-electron chi connectivity index (χ4n) is 4.48. The van der Waals surface area contributed by atoms with Crippen LogP contribution in [0.4, 0.5) is 26.2 Å². The molecule has 182 valence electrons. The molecule has 0 saturated carbocycles. The summed E-state index contributed by atoms with van der Waals surface area (Å²) in [5.74, 6) is -0.246. The fraction of sp³-hybridized carbons (Fsp3) is 0.172. The average Bonchev–Trinajstić information content (AvgIpc) is 2.91. The van der Waals surface area contributed by atoms with Crippen molar-refractivity contribution in [3.63, 3.8) is 0 Å². The van der Waals surface area contributed by atoms with Gasteiger partial charge in [-0.15, -0.1) is 0 Å². The third kappa shape index (κ3) is 5.46. The fourth-order valence-corrected chi connectivity index (χ4v) is 4.48. The molecule has 0 spiro atoms. The molecule has 0 bridgehead atoms. The standard InChI is InChI=1S/C29H27FN4O2/c30-23-10-8-21(9-11-23)20-28(35)34-18-16-33(17-19-34)25-14-12-24(13-15-25)31-29(36)32-27-7-3-5-22-4-1-2-6-26(22)27/h1-15H,16-20H2,(H2,31,32,36). The summed E-state index contributed by atoms with van der Waals surface area (Å²) in [5, 5.41) is 7.87. The van der Waals surface area contributed by atoms with Crippen LogP contribution in [0.3, 0.4) is 0 Å². The Morgan fingerprint density at radius 3 is 2.19 bits per heavy atom. The molecule has 6 nitrogen and oxygen atoms in total. The molecule has 4 aromatic carbocycles. The number of nitrogens with one attached hydrogen (secondary N) is 2.